The van der Waals surface area contributed by atoms with Crippen molar-refractivity contribution >= 4 is 12.4 Å². The molecule has 0 radical (unpaired) electrons. The standard InChI is InChI=1S/C8H12F5N.ClH/c1-5-3-2-4-6(14-5)7(9,10)8(11,12)13;/h5-6,14H,2-4H2,1H3;1H/t5-,6-;/m1./s1. The van der Waals surface area contributed by atoms with Gasteiger partial charge in [0.2, 0.25) is 0 Å². The number of hydrogen-bond acceptors (Lipinski definition) is 1. The molecular weight excluding hydrogens is 241 g/mol. The Bertz CT molecular complexity index is 206. The molecule has 15 heavy (non-hydrogen) atoms. The summed E-state index contributed by atoms with van der Waals surface area (Å²) in [5, 5.41) is 2.29. The van der Waals surface area contributed by atoms with E-state index in [1.807, 2.05) is 0 Å². The molecule has 0 aliphatic carbocycles. The van der Waals surface area contributed by atoms with Crippen molar-refractivity contribution in [2.45, 2.75) is 50.4 Å². The molecule has 0 saturated carbocycles. The number of nitrogens with one attached hydrogen (secondary N) is 1. The predicted molar refractivity (Wildman–Crippen MR) is 48.5 cm³/mol. The number of hydrogen-bond donors (Lipinski definition) is 1. The van der Waals surface area contributed by atoms with Crippen molar-refractivity contribution in [2.24, 2.45) is 0 Å². The van der Waals surface area contributed by atoms with Crippen LogP contribution in [0.3, 0.4) is 0 Å². The second-order valence-corrected chi connectivity index (χ2v) is 3.67. The van der Waals surface area contributed by atoms with Crippen LogP contribution >= 0.6 is 12.4 Å². The van der Waals surface area contributed by atoms with Gasteiger partial charge < -0.3 is 5.32 Å². The van der Waals surface area contributed by atoms with Crippen LogP contribution in [0, 0.1) is 0 Å². The van der Waals surface area contributed by atoms with E-state index in [0.29, 0.717) is 12.8 Å². The van der Waals surface area contributed by atoms with Gasteiger partial charge in [-0.1, -0.05) is 6.42 Å². The Morgan fingerprint density at radius 3 is 2.00 bits per heavy atom. The van der Waals surface area contributed by atoms with Crippen molar-refractivity contribution in [1.29, 1.82) is 0 Å². The molecule has 0 bridgehead atoms. The lowest BCUT2D eigenvalue weighted by atomic mass is 9.95. The minimum absolute atomic E-state index is 0. The quantitative estimate of drug-likeness (QED) is 0.708. The van der Waals surface area contributed by atoms with Crippen LogP contribution in [0.2, 0.25) is 0 Å². The molecule has 1 aliphatic heterocycles. The molecule has 1 heterocycles. The first-order chi connectivity index (χ1) is 6.25. The zero-order chi connectivity index (χ0) is 11.0. The fourth-order valence-electron chi connectivity index (χ4n) is 1.62. The molecule has 0 aromatic rings. The van der Waals surface area contributed by atoms with E-state index in [1.54, 1.807) is 6.92 Å². The van der Waals surface area contributed by atoms with Gasteiger partial charge in [-0.3, -0.25) is 0 Å². The molecule has 2 atom stereocenters. The van der Waals surface area contributed by atoms with Crippen LogP contribution in [0.4, 0.5) is 22.0 Å². The first-order valence-corrected chi connectivity index (χ1v) is 4.45. The summed E-state index contributed by atoms with van der Waals surface area (Å²) in [7, 11) is 0. The fourth-order valence-corrected chi connectivity index (χ4v) is 1.62. The second kappa shape index (κ2) is 4.82. The molecule has 0 aromatic carbocycles. The largest absolute Gasteiger partial charge is 0.454 e. The third-order valence-electron chi connectivity index (χ3n) is 2.43. The maximum Gasteiger partial charge on any atom is 0.454 e. The molecule has 92 valence electrons. The van der Waals surface area contributed by atoms with Crippen molar-refractivity contribution in [3.8, 4) is 0 Å². The fraction of sp³-hybridized carbons (Fsp3) is 1.00. The van der Waals surface area contributed by atoms with Gasteiger partial charge in [-0.2, -0.15) is 22.0 Å². The highest BCUT2D eigenvalue weighted by atomic mass is 35.5. The van der Waals surface area contributed by atoms with Crippen molar-refractivity contribution in [1.82, 2.24) is 5.32 Å². The minimum Gasteiger partial charge on any atom is -0.306 e. The van der Waals surface area contributed by atoms with Crippen LogP contribution in [-0.4, -0.2) is 24.2 Å². The molecule has 0 spiro atoms. The Morgan fingerprint density at radius 1 is 1.07 bits per heavy atom. The van der Waals surface area contributed by atoms with Crippen LogP contribution < -0.4 is 5.32 Å². The number of alkyl halides is 5. The number of piperidine rings is 1. The zero-order valence-electron chi connectivity index (χ0n) is 8.07. The molecule has 1 rings (SSSR count). The normalized spacial score (nSPS) is 28.4. The molecule has 0 aromatic heterocycles. The first-order valence-electron chi connectivity index (χ1n) is 4.45. The Labute approximate surface area is 90.8 Å². The summed E-state index contributed by atoms with van der Waals surface area (Å²) in [6, 6.07) is -2.05. The molecular formula is C8H13ClF5N. The van der Waals surface area contributed by atoms with E-state index in [4.69, 9.17) is 0 Å². The second-order valence-electron chi connectivity index (χ2n) is 3.67. The minimum atomic E-state index is -5.46. The van der Waals surface area contributed by atoms with E-state index in [0.717, 1.165) is 0 Å². The molecule has 1 saturated heterocycles. The maximum atomic E-state index is 12.8. The van der Waals surface area contributed by atoms with Gasteiger partial charge >= 0.3 is 12.1 Å². The van der Waals surface area contributed by atoms with E-state index in [1.165, 1.54) is 0 Å². The van der Waals surface area contributed by atoms with Crippen LogP contribution in [-0.2, 0) is 0 Å². The molecule has 1 aliphatic rings. The third kappa shape index (κ3) is 3.17. The van der Waals surface area contributed by atoms with Gasteiger partial charge in [0.15, 0.2) is 0 Å². The molecule has 1 fully saturated rings. The van der Waals surface area contributed by atoms with Crippen LogP contribution in [0.15, 0.2) is 0 Å². The van der Waals surface area contributed by atoms with E-state index < -0.39 is 18.1 Å². The molecule has 0 amide bonds. The molecule has 0 unspecified atom stereocenters. The summed E-state index contributed by atoms with van der Waals surface area (Å²) in [6.07, 6.45) is -4.53. The maximum absolute atomic E-state index is 12.8. The lowest BCUT2D eigenvalue weighted by Gasteiger charge is -2.35. The van der Waals surface area contributed by atoms with E-state index in [2.05, 4.69) is 5.32 Å². The highest BCUT2D eigenvalue weighted by Crippen LogP contribution is 2.40. The van der Waals surface area contributed by atoms with Gasteiger partial charge in [0.1, 0.15) is 0 Å². The number of halogens is 6. The smallest absolute Gasteiger partial charge is 0.306 e. The van der Waals surface area contributed by atoms with Gasteiger partial charge in [0.25, 0.3) is 0 Å². The van der Waals surface area contributed by atoms with Gasteiger partial charge in [0.05, 0.1) is 6.04 Å². The molecule has 1 nitrogen and oxygen atoms in total. The Hall–Kier alpha value is -0.100. The van der Waals surface area contributed by atoms with Crippen LogP contribution in [0.1, 0.15) is 26.2 Å². The highest BCUT2D eigenvalue weighted by molar-refractivity contribution is 5.85. The summed E-state index contributed by atoms with van der Waals surface area (Å²) >= 11 is 0. The topological polar surface area (TPSA) is 12.0 Å². The van der Waals surface area contributed by atoms with E-state index >= 15 is 0 Å². The van der Waals surface area contributed by atoms with Gasteiger partial charge in [-0.25, -0.2) is 0 Å². The van der Waals surface area contributed by atoms with E-state index in [-0.39, 0.29) is 24.9 Å². The van der Waals surface area contributed by atoms with Gasteiger partial charge in [0, 0.05) is 6.04 Å². The molecule has 7 heteroatoms. The third-order valence-corrected chi connectivity index (χ3v) is 2.43. The van der Waals surface area contributed by atoms with Crippen LogP contribution in [0.5, 0.6) is 0 Å². The first kappa shape index (κ1) is 14.9. The lowest BCUT2D eigenvalue weighted by molar-refractivity contribution is -0.295. The van der Waals surface area contributed by atoms with Crippen molar-refractivity contribution in [2.75, 3.05) is 0 Å². The average molecular weight is 254 g/mol. The highest BCUT2D eigenvalue weighted by Gasteiger charge is 2.62. The summed E-state index contributed by atoms with van der Waals surface area (Å²) in [5.74, 6) is -4.62. The Kier molecular flexibility index (Phi) is 4.79. The van der Waals surface area contributed by atoms with E-state index in [9.17, 15) is 22.0 Å². The Balaban J connectivity index is 0.00000196. The summed E-state index contributed by atoms with van der Waals surface area (Å²) in [4.78, 5) is 0. The van der Waals surface area contributed by atoms with Crippen molar-refractivity contribution in [3.63, 3.8) is 0 Å². The summed E-state index contributed by atoms with van der Waals surface area (Å²) < 4.78 is 61.5. The summed E-state index contributed by atoms with van der Waals surface area (Å²) in [5.41, 5.74) is 0. The van der Waals surface area contributed by atoms with Gasteiger partial charge in [-0.05, 0) is 19.8 Å². The van der Waals surface area contributed by atoms with Crippen LogP contribution in [0.25, 0.3) is 0 Å². The zero-order valence-corrected chi connectivity index (χ0v) is 8.89. The number of rotatable bonds is 1. The SMILES string of the molecule is C[C@@H]1CCC[C@H](C(F)(F)C(F)(F)F)N1.Cl. The monoisotopic (exact) mass is 253 g/mol. The average Bonchev–Trinajstić information content (AvgIpc) is 2.02. The molecule has 1 N–H and O–H groups in total. The lowest BCUT2D eigenvalue weighted by Crippen LogP contribution is -2.57. The van der Waals surface area contributed by atoms with Gasteiger partial charge in [-0.15, -0.1) is 12.4 Å². The van der Waals surface area contributed by atoms with Crippen molar-refractivity contribution < 1.29 is 22.0 Å². The predicted octanol–water partition coefficient (Wildman–Crippen LogP) is 3.14. The Morgan fingerprint density at radius 2 is 1.60 bits per heavy atom. The van der Waals surface area contributed by atoms with Crippen molar-refractivity contribution in [3.05, 3.63) is 0 Å². The summed E-state index contributed by atoms with van der Waals surface area (Å²) in [6.45, 7) is 1.61.